The zero-order valence-electron chi connectivity index (χ0n) is 12.8. The van der Waals surface area contributed by atoms with Crippen LogP contribution in [0, 0.1) is 35.9 Å². The minimum absolute atomic E-state index is 0.236. The van der Waals surface area contributed by atoms with E-state index in [0.29, 0.717) is 5.41 Å². The van der Waals surface area contributed by atoms with E-state index in [-0.39, 0.29) is 5.82 Å². The van der Waals surface area contributed by atoms with Crippen LogP contribution in [0.25, 0.3) is 0 Å². The molecule has 0 radical (unpaired) electrons. The van der Waals surface area contributed by atoms with Crippen molar-refractivity contribution in [1.29, 1.82) is 0 Å². The van der Waals surface area contributed by atoms with Gasteiger partial charge < -0.3 is 5.11 Å². The van der Waals surface area contributed by atoms with Crippen LogP contribution in [0.2, 0.25) is 0 Å². The summed E-state index contributed by atoms with van der Waals surface area (Å²) in [6.45, 7) is 1.97. The summed E-state index contributed by atoms with van der Waals surface area (Å²) < 4.78 is 13.5. The van der Waals surface area contributed by atoms with Gasteiger partial charge in [-0.25, -0.2) is 4.39 Å². The van der Waals surface area contributed by atoms with E-state index in [1.54, 1.807) is 6.07 Å². The first-order valence-corrected chi connectivity index (χ1v) is 8.47. The zero-order valence-corrected chi connectivity index (χ0v) is 12.8. The second-order valence-electron chi connectivity index (χ2n) is 8.14. The van der Waals surface area contributed by atoms with Crippen LogP contribution in [0.3, 0.4) is 0 Å². The zero-order chi connectivity index (χ0) is 14.6. The molecule has 1 N–H and O–H groups in total. The van der Waals surface area contributed by atoms with Crippen molar-refractivity contribution in [2.75, 3.05) is 0 Å². The molecule has 4 bridgehead atoms. The van der Waals surface area contributed by atoms with E-state index < -0.39 is 6.10 Å². The summed E-state index contributed by atoms with van der Waals surface area (Å²) in [5.74, 6) is 2.46. The molecule has 0 heterocycles. The van der Waals surface area contributed by atoms with Crippen molar-refractivity contribution >= 4 is 0 Å². The fourth-order valence-corrected chi connectivity index (χ4v) is 6.03. The average Bonchev–Trinajstić information content (AvgIpc) is 2.39. The Morgan fingerprint density at radius 3 is 2.29 bits per heavy atom. The highest BCUT2D eigenvalue weighted by molar-refractivity contribution is 5.29. The molecular weight excluding hydrogens is 263 g/mol. The smallest absolute Gasteiger partial charge is 0.123 e. The van der Waals surface area contributed by atoms with Gasteiger partial charge >= 0.3 is 0 Å². The topological polar surface area (TPSA) is 20.2 Å². The summed E-state index contributed by atoms with van der Waals surface area (Å²) in [6.07, 6.45) is 8.49. The lowest BCUT2D eigenvalue weighted by molar-refractivity contribution is -0.0765. The first kappa shape index (κ1) is 13.8. The van der Waals surface area contributed by atoms with E-state index in [9.17, 15) is 9.50 Å². The molecule has 0 aromatic heterocycles. The van der Waals surface area contributed by atoms with Crippen LogP contribution in [0.1, 0.15) is 62.2 Å². The van der Waals surface area contributed by atoms with Crippen LogP contribution in [-0.4, -0.2) is 5.11 Å². The third kappa shape index (κ3) is 2.42. The molecule has 0 spiro atoms. The van der Waals surface area contributed by atoms with Crippen LogP contribution in [0.4, 0.5) is 4.39 Å². The Labute approximate surface area is 126 Å². The monoisotopic (exact) mass is 288 g/mol. The molecule has 4 aliphatic rings. The van der Waals surface area contributed by atoms with Crippen molar-refractivity contribution in [1.82, 2.24) is 0 Å². The largest absolute Gasteiger partial charge is 0.388 e. The highest BCUT2D eigenvalue weighted by Crippen LogP contribution is 2.62. The van der Waals surface area contributed by atoms with Gasteiger partial charge in [0.05, 0.1) is 6.10 Å². The fraction of sp³-hybridized carbons (Fsp3) is 0.684. The van der Waals surface area contributed by atoms with Gasteiger partial charge in [-0.1, -0.05) is 6.07 Å². The summed E-state index contributed by atoms with van der Waals surface area (Å²) in [6, 6.07) is 4.80. The van der Waals surface area contributed by atoms with Gasteiger partial charge in [0, 0.05) is 0 Å². The van der Waals surface area contributed by atoms with Crippen LogP contribution in [-0.2, 0) is 0 Å². The number of hydrogen-bond acceptors (Lipinski definition) is 1. The Hall–Kier alpha value is -0.890. The summed E-state index contributed by atoms with van der Waals surface area (Å²) in [4.78, 5) is 0. The van der Waals surface area contributed by atoms with Crippen molar-refractivity contribution < 1.29 is 9.50 Å². The molecule has 1 nitrogen and oxygen atoms in total. The standard InChI is InChI=1S/C19H25FO/c1-12-2-3-16(20)7-17(12)18(21)11-19-8-13-4-14(9-19)6-15(5-13)10-19/h2-3,7,13-15,18,21H,4-6,8-11H2,1H3. The lowest BCUT2D eigenvalue weighted by Gasteiger charge is -2.57. The Morgan fingerprint density at radius 2 is 1.71 bits per heavy atom. The lowest BCUT2D eigenvalue weighted by Crippen LogP contribution is -2.46. The Balaban J connectivity index is 1.56. The summed E-state index contributed by atoms with van der Waals surface area (Å²) >= 11 is 0. The van der Waals surface area contributed by atoms with Gasteiger partial charge in [-0.05, 0) is 98.3 Å². The summed E-state index contributed by atoms with van der Waals surface area (Å²) in [5.41, 5.74) is 2.15. The number of halogens is 1. The Bertz CT molecular complexity index is 515. The van der Waals surface area contributed by atoms with Gasteiger partial charge in [-0.3, -0.25) is 0 Å². The molecule has 0 amide bonds. The predicted molar refractivity (Wildman–Crippen MR) is 81.3 cm³/mol. The molecule has 5 rings (SSSR count). The van der Waals surface area contributed by atoms with Gasteiger partial charge in [0.2, 0.25) is 0 Å². The highest BCUT2D eigenvalue weighted by Gasteiger charge is 2.51. The number of rotatable bonds is 3. The number of hydrogen-bond donors (Lipinski definition) is 1. The molecule has 4 aliphatic carbocycles. The molecular formula is C19H25FO. The lowest BCUT2D eigenvalue weighted by atomic mass is 9.48. The molecule has 114 valence electrons. The van der Waals surface area contributed by atoms with Crippen molar-refractivity contribution in [3.63, 3.8) is 0 Å². The quantitative estimate of drug-likeness (QED) is 0.849. The third-order valence-electron chi connectivity index (χ3n) is 6.39. The maximum Gasteiger partial charge on any atom is 0.123 e. The molecule has 1 aromatic carbocycles. The first-order valence-electron chi connectivity index (χ1n) is 8.47. The molecule has 0 aliphatic heterocycles. The molecule has 0 saturated heterocycles. The molecule has 2 heteroatoms. The van der Waals surface area contributed by atoms with Crippen molar-refractivity contribution in [3.05, 3.63) is 35.1 Å². The molecule has 1 aromatic rings. The molecule has 1 atom stereocenters. The van der Waals surface area contributed by atoms with E-state index in [2.05, 4.69) is 0 Å². The van der Waals surface area contributed by atoms with E-state index in [4.69, 9.17) is 0 Å². The fourth-order valence-electron chi connectivity index (χ4n) is 6.03. The first-order chi connectivity index (χ1) is 10.0. The average molecular weight is 288 g/mol. The van der Waals surface area contributed by atoms with Crippen molar-refractivity contribution in [3.8, 4) is 0 Å². The molecule has 4 fully saturated rings. The summed E-state index contributed by atoms with van der Waals surface area (Å²) in [5, 5.41) is 10.7. The molecule has 21 heavy (non-hydrogen) atoms. The van der Waals surface area contributed by atoms with Gasteiger partial charge in [0.25, 0.3) is 0 Å². The Kier molecular flexibility index (Phi) is 3.15. The van der Waals surface area contributed by atoms with Gasteiger partial charge in [-0.2, -0.15) is 0 Å². The van der Waals surface area contributed by atoms with E-state index in [1.165, 1.54) is 50.7 Å². The van der Waals surface area contributed by atoms with Crippen molar-refractivity contribution in [2.24, 2.45) is 23.2 Å². The van der Waals surface area contributed by atoms with E-state index in [1.807, 2.05) is 6.92 Å². The normalized spacial score (nSPS) is 38.7. The second kappa shape index (κ2) is 4.81. The maximum absolute atomic E-state index is 13.5. The second-order valence-corrected chi connectivity index (χ2v) is 8.14. The van der Waals surface area contributed by atoms with Gasteiger partial charge in [0.15, 0.2) is 0 Å². The van der Waals surface area contributed by atoms with Crippen LogP contribution >= 0.6 is 0 Å². The minimum atomic E-state index is -0.503. The van der Waals surface area contributed by atoms with E-state index >= 15 is 0 Å². The SMILES string of the molecule is Cc1ccc(F)cc1C(O)CC12CC3CC(CC(C3)C1)C2. The van der Waals surface area contributed by atoms with Gasteiger partial charge in [0.1, 0.15) is 5.82 Å². The summed E-state index contributed by atoms with van der Waals surface area (Å²) in [7, 11) is 0. The number of benzene rings is 1. The van der Waals surface area contributed by atoms with Crippen molar-refractivity contribution in [2.45, 2.75) is 58.0 Å². The van der Waals surface area contributed by atoms with Crippen LogP contribution in [0.5, 0.6) is 0 Å². The minimum Gasteiger partial charge on any atom is -0.388 e. The number of aryl methyl sites for hydroxylation is 1. The third-order valence-corrected chi connectivity index (χ3v) is 6.39. The molecule has 4 saturated carbocycles. The molecule has 1 unspecified atom stereocenters. The number of aliphatic hydroxyl groups excluding tert-OH is 1. The highest BCUT2D eigenvalue weighted by atomic mass is 19.1. The van der Waals surface area contributed by atoms with Crippen LogP contribution < -0.4 is 0 Å². The van der Waals surface area contributed by atoms with E-state index in [0.717, 1.165) is 35.3 Å². The maximum atomic E-state index is 13.5. The predicted octanol–water partition coefficient (Wildman–Crippen LogP) is 4.77. The van der Waals surface area contributed by atoms with Crippen LogP contribution in [0.15, 0.2) is 18.2 Å². The Morgan fingerprint density at radius 1 is 1.14 bits per heavy atom. The number of aliphatic hydroxyl groups is 1. The van der Waals surface area contributed by atoms with Gasteiger partial charge in [-0.15, -0.1) is 0 Å².